The Bertz CT molecular complexity index is 301. The van der Waals surface area contributed by atoms with Crippen LogP contribution in [0, 0.1) is 11.3 Å². The van der Waals surface area contributed by atoms with Crippen LogP contribution in [-0.4, -0.2) is 5.11 Å². The molecule has 3 N–H and O–H groups in total. The lowest BCUT2D eigenvalue weighted by molar-refractivity contribution is 0.472. The number of rotatable bonds is 1. The second-order valence-electron chi connectivity index (χ2n) is 2.13. The van der Waals surface area contributed by atoms with E-state index in [0.29, 0.717) is 5.56 Å². The molecule has 0 fully saturated rings. The van der Waals surface area contributed by atoms with Gasteiger partial charge in [0.05, 0.1) is 5.56 Å². The fraction of sp³-hybridized carbons (Fsp3) is 0.125. The minimum atomic E-state index is -0.00421. The maximum atomic E-state index is 9.14. The SMILES string of the molecule is N#Cc1c(O)cccc1CN. The quantitative estimate of drug-likeness (QED) is 0.616. The van der Waals surface area contributed by atoms with Gasteiger partial charge in [-0.25, -0.2) is 0 Å². The van der Waals surface area contributed by atoms with Crippen LogP contribution in [0.15, 0.2) is 18.2 Å². The molecule has 0 aliphatic rings. The molecule has 0 spiro atoms. The zero-order chi connectivity index (χ0) is 8.27. The molecule has 3 heteroatoms. The van der Waals surface area contributed by atoms with E-state index in [1.54, 1.807) is 12.1 Å². The molecule has 0 saturated heterocycles. The summed E-state index contributed by atoms with van der Waals surface area (Å²) in [6, 6.07) is 6.74. The van der Waals surface area contributed by atoms with Gasteiger partial charge < -0.3 is 10.8 Å². The van der Waals surface area contributed by atoms with Gasteiger partial charge in [0.15, 0.2) is 0 Å². The molecule has 0 atom stereocenters. The van der Waals surface area contributed by atoms with Gasteiger partial charge in [0.2, 0.25) is 0 Å². The Labute approximate surface area is 64.7 Å². The summed E-state index contributed by atoms with van der Waals surface area (Å²) in [5, 5.41) is 17.7. The molecule has 0 aromatic heterocycles. The third-order valence-corrected chi connectivity index (χ3v) is 1.46. The standard InChI is InChI=1S/C8H8N2O/c9-4-6-2-1-3-8(11)7(6)5-10/h1-3,11H,4,9H2. The lowest BCUT2D eigenvalue weighted by Crippen LogP contribution is -1.98. The molecule has 0 saturated carbocycles. The highest BCUT2D eigenvalue weighted by molar-refractivity contribution is 5.47. The molecule has 0 bridgehead atoms. The first kappa shape index (κ1) is 7.58. The van der Waals surface area contributed by atoms with Crippen molar-refractivity contribution in [3.8, 4) is 11.8 Å². The molecule has 0 heterocycles. The van der Waals surface area contributed by atoms with Crippen molar-refractivity contribution in [2.45, 2.75) is 6.54 Å². The Hall–Kier alpha value is -1.53. The van der Waals surface area contributed by atoms with E-state index < -0.39 is 0 Å². The van der Waals surface area contributed by atoms with Crippen LogP contribution in [-0.2, 0) is 6.54 Å². The van der Waals surface area contributed by atoms with E-state index in [4.69, 9.17) is 16.1 Å². The number of phenols is 1. The van der Waals surface area contributed by atoms with Crippen LogP contribution >= 0.6 is 0 Å². The third kappa shape index (κ3) is 1.31. The molecule has 1 aromatic carbocycles. The molecule has 0 aliphatic carbocycles. The molecule has 0 unspecified atom stereocenters. The van der Waals surface area contributed by atoms with Gasteiger partial charge in [-0.05, 0) is 11.6 Å². The van der Waals surface area contributed by atoms with Crippen molar-refractivity contribution in [1.29, 1.82) is 5.26 Å². The highest BCUT2D eigenvalue weighted by Gasteiger charge is 2.03. The Balaban J connectivity index is 3.27. The lowest BCUT2D eigenvalue weighted by Gasteiger charge is -2.00. The monoisotopic (exact) mass is 148 g/mol. The predicted molar refractivity (Wildman–Crippen MR) is 40.7 cm³/mol. The van der Waals surface area contributed by atoms with Crippen LogP contribution in [0.3, 0.4) is 0 Å². The van der Waals surface area contributed by atoms with Gasteiger partial charge in [-0.15, -0.1) is 0 Å². The lowest BCUT2D eigenvalue weighted by atomic mass is 10.1. The van der Waals surface area contributed by atoms with Crippen molar-refractivity contribution in [2.75, 3.05) is 0 Å². The summed E-state index contributed by atoms with van der Waals surface area (Å²) in [7, 11) is 0. The highest BCUT2D eigenvalue weighted by atomic mass is 16.3. The Morgan fingerprint density at radius 1 is 1.55 bits per heavy atom. The summed E-state index contributed by atoms with van der Waals surface area (Å²) in [6.07, 6.45) is 0. The molecule has 0 amide bonds. The zero-order valence-electron chi connectivity index (χ0n) is 5.91. The van der Waals surface area contributed by atoms with Gasteiger partial charge in [0.1, 0.15) is 11.8 Å². The fourth-order valence-corrected chi connectivity index (χ4v) is 0.886. The number of aromatic hydroxyl groups is 1. The Morgan fingerprint density at radius 3 is 2.73 bits per heavy atom. The van der Waals surface area contributed by atoms with Gasteiger partial charge in [0.25, 0.3) is 0 Å². The Kier molecular flexibility index (Phi) is 2.09. The van der Waals surface area contributed by atoms with Crippen LogP contribution in [0.5, 0.6) is 5.75 Å². The van der Waals surface area contributed by atoms with Crippen molar-refractivity contribution >= 4 is 0 Å². The summed E-state index contributed by atoms with van der Waals surface area (Å²) in [4.78, 5) is 0. The van der Waals surface area contributed by atoms with Crippen LogP contribution in [0.2, 0.25) is 0 Å². The summed E-state index contributed by atoms with van der Waals surface area (Å²) in [6.45, 7) is 0.275. The van der Waals surface area contributed by atoms with Gasteiger partial charge in [0, 0.05) is 6.54 Å². The molecule has 3 nitrogen and oxygen atoms in total. The number of nitrogens with two attached hydrogens (primary N) is 1. The average molecular weight is 148 g/mol. The maximum Gasteiger partial charge on any atom is 0.133 e. The minimum Gasteiger partial charge on any atom is -0.507 e. The summed E-state index contributed by atoms with van der Waals surface area (Å²) >= 11 is 0. The molecular weight excluding hydrogens is 140 g/mol. The average Bonchev–Trinajstić information content (AvgIpc) is 2.04. The molecule has 0 radical (unpaired) electrons. The molecule has 0 aliphatic heterocycles. The Morgan fingerprint density at radius 2 is 2.27 bits per heavy atom. The van der Waals surface area contributed by atoms with E-state index in [2.05, 4.69) is 0 Å². The van der Waals surface area contributed by atoms with E-state index in [9.17, 15) is 0 Å². The van der Waals surface area contributed by atoms with Crippen molar-refractivity contribution in [3.05, 3.63) is 29.3 Å². The second-order valence-corrected chi connectivity index (χ2v) is 2.13. The van der Waals surface area contributed by atoms with Crippen molar-refractivity contribution < 1.29 is 5.11 Å². The summed E-state index contributed by atoms with van der Waals surface area (Å²) in [5.74, 6) is -0.00421. The number of benzene rings is 1. The molecule has 1 rings (SSSR count). The molecule has 1 aromatic rings. The predicted octanol–water partition coefficient (Wildman–Crippen LogP) is 0.723. The first-order valence-corrected chi connectivity index (χ1v) is 3.20. The van der Waals surface area contributed by atoms with E-state index in [0.717, 1.165) is 0 Å². The first-order valence-electron chi connectivity index (χ1n) is 3.20. The van der Waals surface area contributed by atoms with E-state index in [-0.39, 0.29) is 17.9 Å². The first-order chi connectivity index (χ1) is 5.29. The van der Waals surface area contributed by atoms with Gasteiger partial charge in [-0.2, -0.15) is 5.26 Å². The van der Waals surface area contributed by atoms with Crippen LogP contribution in [0.4, 0.5) is 0 Å². The summed E-state index contributed by atoms with van der Waals surface area (Å²) in [5.41, 5.74) is 6.28. The van der Waals surface area contributed by atoms with Crippen molar-refractivity contribution in [3.63, 3.8) is 0 Å². The van der Waals surface area contributed by atoms with Gasteiger partial charge in [-0.1, -0.05) is 12.1 Å². The number of nitriles is 1. The molecule has 56 valence electrons. The van der Waals surface area contributed by atoms with E-state index in [1.807, 2.05) is 6.07 Å². The number of phenolic OH excluding ortho intramolecular Hbond substituents is 1. The van der Waals surface area contributed by atoms with E-state index >= 15 is 0 Å². The van der Waals surface area contributed by atoms with Gasteiger partial charge >= 0.3 is 0 Å². The minimum absolute atomic E-state index is 0.00421. The van der Waals surface area contributed by atoms with Crippen LogP contribution < -0.4 is 5.73 Å². The van der Waals surface area contributed by atoms with Crippen molar-refractivity contribution in [1.82, 2.24) is 0 Å². The molecule has 11 heavy (non-hydrogen) atoms. The third-order valence-electron chi connectivity index (χ3n) is 1.46. The molecular formula is C8H8N2O. The van der Waals surface area contributed by atoms with Crippen LogP contribution in [0.1, 0.15) is 11.1 Å². The smallest absolute Gasteiger partial charge is 0.133 e. The normalized spacial score (nSPS) is 9.09. The van der Waals surface area contributed by atoms with Crippen molar-refractivity contribution in [2.24, 2.45) is 5.73 Å². The van der Waals surface area contributed by atoms with Gasteiger partial charge in [-0.3, -0.25) is 0 Å². The van der Waals surface area contributed by atoms with E-state index in [1.165, 1.54) is 6.07 Å². The second kappa shape index (κ2) is 3.04. The number of nitrogens with zero attached hydrogens (tertiary/aromatic N) is 1. The topological polar surface area (TPSA) is 70.0 Å². The zero-order valence-corrected chi connectivity index (χ0v) is 5.91. The number of hydrogen-bond acceptors (Lipinski definition) is 3. The summed E-state index contributed by atoms with van der Waals surface area (Å²) < 4.78 is 0. The largest absolute Gasteiger partial charge is 0.507 e. The maximum absolute atomic E-state index is 9.14. The van der Waals surface area contributed by atoms with Crippen LogP contribution in [0.25, 0.3) is 0 Å². The fourth-order valence-electron chi connectivity index (χ4n) is 0.886. The highest BCUT2D eigenvalue weighted by Crippen LogP contribution is 2.18. The number of hydrogen-bond donors (Lipinski definition) is 2.